The molecule has 2 atom stereocenters. The molecular weight excluding hydrogens is 274 g/mol. The van der Waals surface area contributed by atoms with E-state index in [0.717, 1.165) is 18.7 Å². The van der Waals surface area contributed by atoms with Crippen molar-refractivity contribution in [3.05, 3.63) is 29.1 Å². The summed E-state index contributed by atoms with van der Waals surface area (Å²) >= 11 is 0. The molecule has 0 radical (unpaired) electrons. The first-order valence-electron chi connectivity index (χ1n) is 8.17. The molecule has 1 saturated carbocycles. The highest BCUT2D eigenvalue weighted by molar-refractivity contribution is 5.83. The Morgan fingerprint density at radius 1 is 1.41 bits per heavy atom. The van der Waals surface area contributed by atoms with Crippen LogP contribution in [0.2, 0.25) is 0 Å². The van der Waals surface area contributed by atoms with Crippen LogP contribution in [0.25, 0.3) is 0 Å². The number of aromatic nitrogens is 2. The molecule has 0 aliphatic heterocycles. The second-order valence-corrected chi connectivity index (χ2v) is 7.36. The summed E-state index contributed by atoms with van der Waals surface area (Å²) in [5.74, 6) is 0.700. The Hall–Kier alpha value is -1.58. The van der Waals surface area contributed by atoms with Gasteiger partial charge in [0.15, 0.2) is 0 Å². The molecule has 1 heterocycles. The van der Waals surface area contributed by atoms with Crippen LogP contribution in [0.1, 0.15) is 45.5 Å². The maximum atomic E-state index is 12.3. The lowest BCUT2D eigenvalue weighted by Gasteiger charge is -2.07. The van der Waals surface area contributed by atoms with Crippen LogP contribution in [0.3, 0.4) is 0 Å². The number of rotatable bonds is 6. The molecule has 1 aromatic rings. The molecule has 4 heteroatoms. The lowest BCUT2D eigenvalue weighted by molar-refractivity contribution is -0.123. The zero-order valence-electron chi connectivity index (χ0n) is 14.7. The predicted molar refractivity (Wildman–Crippen MR) is 89.5 cm³/mol. The largest absolute Gasteiger partial charge is 0.356 e. The Balaban J connectivity index is 1.77. The first-order chi connectivity index (χ1) is 10.2. The van der Waals surface area contributed by atoms with Gasteiger partial charge in [-0.1, -0.05) is 25.5 Å². The van der Waals surface area contributed by atoms with Gasteiger partial charge >= 0.3 is 0 Å². The summed E-state index contributed by atoms with van der Waals surface area (Å²) in [5.41, 5.74) is 3.61. The Bertz CT molecular complexity index is 579. The molecule has 4 nitrogen and oxygen atoms in total. The number of hydrogen-bond acceptors (Lipinski definition) is 2. The van der Waals surface area contributed by atoms with Gasteiger partial charge in [-0.3, -0.25) is 9.48 Å². The quantitative estimate of drug-likeness (QED) is 0.648. The van der Waals surface area contributed by atoms with Crippen molar-refractivity contribution in [1.82, 2.24) is 15.1 Å². The van der Waals surface area contributed by atoms with Gasteiger partial charge in [0, 0.05) is 18.8 Å². The van der Waals surface area contributed by atoms with Crippen LogP contribution in [0.4, 0.5) is 0 Å². The summed E-state index contributed by atoms with van der Waals surface area (Å²) in [7, 11) is 0. The minimum atomic E-state index is 0.0943. The average molecular weight is 303 g/mol. The Labute approximate surface area is 134 Å². The number of nitrogens with one attached hydrogen (secondary N) is 1. The van der Waals surface area contributed by atoms with Crippen LogP contribution in [-0.2, 0) is 11.3 Å². The topological polar surface area (TPSA) is 46.9 Å². The zero-order valence-corrected chi connectivity index (χ0v) is 14.7. The molecule has 0 aromatic carbocycles. The fourth-order valence-electron chi connectivity index (χ4n) is 3.30. The molecule has 122 valence electrons. The summed E-state index contributed by atoms with van der Waals surface area (Å²) in [4.78, 5) is 12.3. The van der Waals surface area contributed by atoms with Crippen LogP contribution in [0.5, 0.6) is 0 Å². The SMILES string of the molecule is CC(C)=C[C@H]1[C@@H](C(=O)NCCCn2nc(C)cc2C)C1(C)C. The summed E-state index contributed by atoms with van der Waals surface area (Å²) < 4.78 is 2.01. The molecule has 1 fully saturated rings. The lowest BCUT2D eigenvalue weighted by atomic mass is 10.1. The standard InChI is InChI=1S/C18H29N3O/c1-12(2)10-15-16(18(15,5)6)17(22)19-8-7-9-21-14(4)11-13(3)20-21/h10-11,15-16H,7-9H2,1-6H3,(H,19,22)/t15-,16-/m0/s1. The number of nitrogens with zero attached hydrogens (tertiary/aromatic N) is 2. The normalized spacial score (nSPS) is 22.3. The van der Waals surface area contributed by atoms with Gasteiger partial charge in [0.1, 0.15) is 0 Å². The van der Waals surface area contributed by atoms with Crippen LogP contribution >= 0.6 is 0 Å². The molecular formula is C18H29N3O. The van der Waals surface area contributed by atoms with Gasteiger partial charge in [-0.05, 0) is 51.5 Å². The van der Waals surface area contributed by atoms with Crippen molar-refractivity contribution >= 4 is 5.91 Å². The highest BCUT2D eigenvalue weighted by Gasteiger charge is 2.60. The van der Waals surface area contributed by atoms with Gasteiger partial charge in [-0.2, -0.15) is 5.10 Å². The molecule has 1 N–H and O–H groups in total. The van der Waals surface area contributed by atoms with Crippen LogP contribution in [0, 0.1) is 31.1 Å². The smallest absolute Gasteiger partial charge is 0.224 e. The Kier molecular flexibility index (Phi) is 4.78. The zero-order chi connectivity index (χ0) is 16.5. The van der Waals surface area contributed by atoms with Crippen molar-refractivity contribution in [3.63, 3.8) is 0 Å². The highest BCUT2D eigenvalue weighted by atomic mass is 16.2. The molecule has 0 bridgehead atoms. The number of hydrogen-bond donors (Lipinski definition) is 1. The predicted octanol–water partition coefficient (Wildman–Crippen LogP) is 3.24. The van der Waals surface area contributed by atoms with E-state index in [1.807, 2.05) is 11.6 Å². The van der Waals surface area contributed by atoms with Crippen LogP contribution in [-0.4, -0.2) is 22.2 Å². The van der Waals surface area contributed by atoms with Crippen molar-refractivity contribution in [2.45, 2.75) is 54.5 Å². The van der Waals surface area contributed by atoms with E-state index in [9.17, 15) is 4.79 Å². The number of carbonyl (C=O) groups excluding carboxylic acids is 1. The number of amides is 1. The van der Waals surface area contributed by atoms with E-state index < -0.39 is 0 Å². The molecule has 1 aromatic heterocycles. The maximum Gasteiger partial charge on any atom is 0.224 e. The van der Waals surface area contributed by atoms with Crippen LogP contribution in [0.15, 0.2) is 17.7 Å². The minimum Gasteiger partial charge on any atom is -0.356 e. The lowest BCUT2D eigenvalue weighted by Crippen LogP contribution is -2.28. The van der Waals surface area contributed by atoms with Gasteiger partial charge in [0.2, 0.25) is 5.91 Å². The van der Waals surface area contributed by atoms with E-state index in [4.69, 9.17) is 0 Å². The third-order valence-corrected chi connectivity index (χ3v) is 4.66. The summed E-state index contributed by atoms with van der Waals surface area (Å²) in [6.07, 6.45) is 3.15. The second-order valence-electron chi connectivity index (χ2n) is 7.36. The van der Waals surface area contributed by atoms with Crippen molar-refractivity contribution in [2.24, 2.45) is 17.3 Å². The number of allylic oxidation sites excluding steroid dienone is 2. The molecule has 0 spiro atoms. The number of aryl methyl sites for hydroxylation is 3. The molecule has 1 aliphatic rings. The number of carbonyl (C=O) groups is 1. The summed E-state index contributed by atoms with van der Waals surface area (Å²) in [6.45, 7) is 14.2. The van der Waals surface area contributed by atoms with E-state index in [0.29, 0.717) is 12.5 Å². The molecule has 0 saturated heterocycles. The second kappa shape index (κ2) is 6.27. The minimum absolute atomic E-state index is 0.0943. The molecule has 1 aliphatic carbocycles. The van der Waals surface area contributed by atoms with E-state index in [1.165, 1.54) is 11.3 Å². The van der Waals surface area contributed by atoms with E-state index in [-0.39, 0.29) is 17.2 Å². The first-order valence-corrected chi connectivity index (χ1v) is 8.17. The van der Waals surface area contributed by atoms with Crippen molar-refractivity contribution in [3.8, 4) is 0 Å². The Morgan fingerprint density at radius 2 is 2.09 bits per heavy atom. The van der Waals surface area contributed by atoms with Gasteiger partial charge in [0.05, 0.1) is 11.6 Å². The summed E-state index contributed by atoms with van der Waals surface area (Å²) in [6, 6.07) is 2.08. The van der Waals surface area contributed by atoms with Crippen molar-refractivity contribution < 1.29 is 4.79 Å². The molecule has 22 heavy (non-hydrogen) atoms. The highest BCUT2D eigenvalue weighted by Crippen LogP contribution is 2.59. The third-order valence-electron chi connectivity index (χ3n) is 4.66. The molecule has 1 amide bonds. The fourth-order valence-corrected chi connectivity index (χ4v) is 3.30. The fraction of sp³-hybridized carbons (Fsp3) is 0.667. The van der Waals surface area contributed by atoms with E-state index in [1.54, 1.807) is 0 Å². The first kappa shape index (κ1) is 16.8. The average Bonchev–Trinajstić information content (AvgIpc) is 2.75. The van der Waals surface area contributed by atoms with Gasteiger partial charge < -0.3 is 5.32 Å². The molecule has 2 rings (SSSR count). The van der Waals surface area contributed by atoms with Crippen molar-refractivity contribution in [2.75, 3.05) is 6.54 Å². The maximum absolute atomic E-state index is 12.3. The van der Waals surface area contributed by atoms with Crippen molar-refractivity contribution in [1.29, 1.82) is 0 Å². The Morgan fingerprint density at radius 3 is 2.64 bits per heavy atom. The molecule has 0 unspecified atom stereocenters. The van der Waals surface area contributed by atoms with Gasteiger partial charge in [-0.15, -0.1) is 0 Å². The van der Waals surface area contributed by atoms with E-state index in [2.05, 4.69) is 57.2 Å². The third kappa shape index (κ3) is 3.60. The van der Waals surface area contributed by atoms with Gasteiger partial charge in [0.25, 0.3) is 0 Å². The monoisotopic (exact) mass is 303 g/mol. The van der Waals surface area contributed by atoms with E-state index >= 15 is 0 Å². The summed E-state index contributed by atoms with van der Waals surface area (Å²) in [5, 5.41) is 7.53. The van der Waals surface area contributed by atoms with Gasteiger partial charge in [-0.25, -0.2) is 0 Å². The van der Waals surface area contributed by atoms with Crippen LogP contribution < -0.4 is 5.32 Å².